The molecule has 4 nitrogen and oxygen atoms in total. The molecule has 104 valence electrons. The molecular formula is C16H18N2O2. The first-order valence-corrected chi connectivity index (χ1v) is 6.48. The fourth-order valence-corrected chi connectivity index (χ4v) is 2.06. The van der Waals surface area contributed by atoms with Gasteiger partial charge in [-0.15, -0.1) is 0 Å². The van der Waals surface area contributed by atoms with Crippen molar-refractivity contribution in [3.63, 3.8) is 0 Å². The fraction of sp³-hybridized carbons (Fsp3) is 0.188. The van der Waals surface area contributed by atoms with E-state index in [-0.39, 0.29) is 5.56 Å². The second-order valence-electron chi connectivity index (χ2n) is 4.66. The lowest BCUT2D eigenvalue weighted by atomic mass is 10.1. The van der Waals surface area contributed by atoms with Gasteiger partial charge in [-0.2, -0.15) is 0 Å². The van der Waals surface area contributed by atoms with Crippen LogP contribution in [0.4, 0.5) is 17.1 Å². The molecule has 3 N–H and O–H groups in total. The van der Waals surface area contributed by atoms with Crippen molar-refractivity contribution in [2.24, 2.45) is 0 Å². The first-order chi connectivity index (χ1) is 9.52. The number of hydrogen-bond donors (Lipinski definition) is 2. The number of nitrogens with two attached hydrogens (primary N) is 1. The molecule has 0 atom stereocenters. The second-order valence-corrected chi connectivity index (χ2v) is 4.66. The van der Waals surface area contributed by atoms with E-state index in [1.807, 2.05) is 24.1 Å². The van der Waals surface area contributed by atoms with Crippen molar-refractivity contribution in [2.45, 2.75) is 13.3 Å². The third kappa shape index (κ3) is 2.74. The van der Waals surface area contributed by atoms with Gasteiger partial charge < -0.3 is 15.7 Å². The maximum absolute atomic E-state index is 11.0. The minimum Gasteiger partial charge on any atom is -0.478 e. The van der Waals surface area contributed by atoms with Crippen molar-refractivity contribution in [3.05, 3.63) is 53.6 Å². The summed E-state index contributed by atoms with van der Waals surface area (Å²) >= 11 is 0. The third-order valence-corrected chi connectivity index (χ3v) is 3.37. The van der Waals surface area contributed by atoms with Gasteiger partial charge in [0.05, 0.1) is 16.9 Å². The Labute approximate surface area is 118 Å². The first kappa shape index (κ1) is 13.9. The topological polar surface area (TPSA) is 66.6 Å². The molecule has 2 aromatic rings. The predicted molar refractivity (Wildman–Crippen MR) is 81.7 cm³/mol. The van der Waals surface area contributed by atoms with Gasteiger partial charge in [0.15, 0.2) is 0 Å². The Morgan fingerprint density at radius 3 is 2.40 bits per heavy atom. The van der Waals surface area contributed by atoms with Crippen LogP contribution in [-0.2, 0) is 6.42 Å². The van der Waals surface area contributed by atoms with E-state index in [0.29, 0.717) is 11.4 Å². The average Bonchev–Trinajstić information content (AvgIpc) is 2.47. The van der Waals surface area contributed by atoms with Crippen molar-refractivity contribution in [1.82, 2.24) is 0 Å². The van der Waals surface area contributed by atoms with Crippen LogP contribution in [0.2, 0.25) is 0 Å². The number of aryl methyl sites for hydroxylation is 1. The van der Waals surface area contributed by atoms with Gasteiger partial charge in [-0.1, -0.05) is 19.1 Å². The Hall–Kier alpha value is -2.49. The number of anilines is 3. The number of aromatic carboxylic acids is 1. The van der Waals surface area contributed by atoms with Crippen LogP contribution in [0.15, 0.2) is 42.5 Å². The van der Waals surface area contributed by atoms with Gasteiger partial charge in [0.25, 0.3) is 0 Å². The van der Waals surface area contributed by atoms with Crippen LogP contribution >= 0.6 is 0 Å². The van der Waals surface area contributed by atoms with Crippen molar-refractivity contribution in [1.29, 1.82) is 0 Å². The molecule has 0 amide bonds. The van der Waals surface area contributed by atoms with Crippen molar-refractivity contribution in [2.75, 3.05) is 17.7 Å². The van der Waals surface area contributed by atoms with Crippen molar-refractivity contribution >= 4 is 23.0 Å². The number of carboxylic acid groups (broad SMARTS) is 1. The number of carbonyl (C=O) groups is 1. The molecule has 2 rings (SSSR count). The number of nitrogens with zero attached hydrogens (tertiary/aromatic N) is 1. The zero-order chi connectivity index (χ0) is 14.7. The van der Waals surface area contributed by atoms with Crippen molar-refractivity contribution in [3.8, 4) is 0 Å². The summed E-state index contributed by atoms with van der Waals surface area (Å²) in [6, 6.07) is 12.8. The monoisotopic (exact) mass is 270 g/mol. The summed E-state index contributed by atoms with van der Waals surface area (Å²) in [7, 11) is 1.87. The summed E-state index contributed by atoms with van der Waals surface area (Å²) in [5, 5.41) is 9.06. The average molecular weight is 270 g/mol. The minimum absolute atomic E-state index is 0.228. The molecule has 4 heteroatoms. The normalized spacial score (nSPS) is 10.3. The van der Waals surface area contributed by atoms with Crippen LogP contribution in [-0.4, -0.2) is 18.1 Å². The molecule has 0 fully saturated rings. The molecule has 0 bridgehead atoms. The van der Waals surface area contributed by atoms with E-state index in [9.17, 15) is 4.79 Å². The van der Waals surface area contributed by atoms with Gasteiger partial charge in [-0.05, 0) is 42.3 Å². The first-order valence-electron chi connectivity index (χ1n) is 6.48. The Morgan fingerprint density at radius 1 is 1.20 bits per heavy atom. The Morgan fingerprint density at radius 2 is 1.85 bits per heavy atom. The second kappa shape index (κ2) is 5.65. The molecule has 2 aromatic carbocycles. The molecule has 0 spiro atoms. The number of rotatable bonds is 4. The highest BCUT2D eigenvalue weighted by atomic mass is 16.4. The number of carboxylic acids is 1. The Balaban J connectivity index is 2.38. The lowest BCUT2D eigenvalue weighted by Crippen LogP contribution is -2.12. The summed E-state index contributed by atoms with van der Waals surface area (Å²) in [5.41, 5.74) is 9.65. The summed E-state index contributed by atoms with van der Waals surface area (Å²) in [4.78, 5) is 12.9. The molecule has 0 aliphatic heterocycles. The molecule has 0 heterocycles. The van der Waals surface area contributed by atoms with Crippen LogP contribution in [0.1, 0.15) is 22.8 Å². The van der Waals surface area contributed by atoms with Gasteiger partial charge in [0.1, 0.15) is 0 Å². The molecule has 0 saturated heterocycles. The Kier molecular flexibility index (Phi) is 3.94. The largest absolute Gasteiger partial charge is 0.478 e. The van der Waals surface area contributed by atoms with E-state index in [1.165, 1.54) is 11.6 Å². The predicted octanol–water partition coefficient (Wildman–Crippen LogP) is 3.30. The van der Waals surface area contributed by atoms with Gasteiger partial charge in [0, 0.05) is 12.7 Å². The summed E-state index contributed by atoms with van der Waals surface area (Å²) in [5.74, 6) is -0.957. The number of hydrogen-bond acceptors (Lipinski definition) is 3. The smallest absolute Gasteiger partial charge is 0.335 e. The van der Waals surface area contributed by atoms with Gasteiger partial charge in [0.2, 0.25) is 0 Å². The van der Waals surface area contributed by atoms with E-state index in [2.05, 4.69) is 19.1 Å². The third-order valence-electron chi connectivity index (χ3n) is 3.37. The highest BCUT2D eigenvalue weighted by Gasteiger charge is 2.11. The SMILES string of the molecule is CCc1ccc(N(C)c2cc(C(=O)O)ccc2N)cc1. The van der Waals surface area contributed by atoms with Crippen LogP contribution in [0.5, 0.6) is 0 Å². The molecular weight excluding hydrogens is 252 g/mol. The standard InChI is InChI=1S/C16H18N2O2/c1-3-11-4-7-13(8-5-11)18(2)15-10-12(16(19)20)6-9-14(15)17/h4-10H,3,17H2,1-2H3,(H,19,20). The maximum Gasteiger partial charge on any atom is 0.335 e. The van der Waals surface area contributed by atoms with Crippen LogP contribution in [0.25, 0.3) is 0 Å². The fourth-order valence-electron chi connectivity index (χ4n) is 2.06. The molecule has 0 aliphatic rings. The minimum atomic E-state index is -0.957. The maximum atomic E-state index is 11.0. The lowest BCUT2D eigenvalue weighted by molar-refractivity contribution is 0.0697. The van der Waals surface area contributed by atoms with Crippen LogP contribution in [0, 0.1) is 0 Å². The summed E-state index contributed by atoms with van der Waals surface area (Å²) in [6.07, 6.45) is 0.987. The zero-order valence-electron chi connectivity index (χ0n) is 11.6. The van der Waals surface area contributed by atoms with Gasteiger partial charge in [-0.25, -0.2) is 4.79 Å². The van der Waals surface area contributed by atoms with E-state index < -0.39 is 5.97 Å². The van der Waals surface area contributed by atoms with Crippen molar-refractivity contribution < 1.29 is 9.90 Å². The summed E-state index contributed by atoms with van der Waals surface area (Å²) < 4.78 is 0. The summed E-state index contributed by atoms with van der Waals surface area (Å²) in [6.45, 7) is 2.10. The Bertz CT molecular complexity index is 621. The molecule has 20 heavy (non-hydrogen) atoms. The quantitative estimate of drug-likeness (QED) is 0.836. The molecule has 0 unspecified atom stereocenters. The molecule has 0 aromatic heterocycles. The van der Waals surface area contributed by atoms with Gasteiger partial charge >= 0.3 is 5.97 Å². The van der Waals surface area contributed by atoms with E-state index in [1.54, 1.807) is 12.1 Å². The van der Waals surface area contributed by atoms with Crippen LogP contribution in [0.3, 0.4) is 0 Å². The van der Waals surface area contributed by atoms with E-state index in [4.69, 9.17) is 10.8 Å². The van der Waals surface area contributed by atoms with E-state index >= 15 is 0 Å². The number of nitrogen functional groups attached to an aromatic ring is 1. The highest BCUT2D eigenvalue weighted by Crippen LogP contribution is 2.30. The molecule has 0 aliphatic carbocycles. The van der Waals surface area contributed by atoms with E-state index in [0.717, 1.165) is 12.1 Å². The zero-order valence-corrected chi connectivity index (χ0v) is 11.6. The number of benzene rings is 2. The van der Waals surface area contributed by atoms with Gasteiger partial charge in [-0.3, -0.25) is 0 Å². The van der Waals surface area contributed by atoms with Crippen LogP contribution < -0.4 is 10.6 Å². The highest BCUT2D eigenvalue weighted by molar-refractivity contribution is 5.91. The molecule has 0 saturated carbocycles. The lowest BCUT2D eigenvalue weighted by Gasteiger charge is -2.22. The molecule has 0 radical (unpaired) electrons.